The number of benzene rings is 1. The van der Waals surface area contributed by atoms with E-state index in [4.69, 9.17) is 10.5 Å². The van der Waals surface area contributed by atoms with Crippen LogP contribution in [0.25, 0.3) is 0 Å². The molecule has 0 fully saturated rings. The minimum Gasteiger partial charge on any atom is -0.506 e. The smallest absolute Gasteiger partial charge is 0.407 e. The standard InChI is InChI=1S/C9H9BrF3NO2/c1-16-4-2-5(7(15)6(10)3-4)8(14)9(11,12)13/h2-3,8,15H,14H2,1H3/t8-/m1/s1. The quantitative estimate of drug-likeness (QED) is 0.883. The Morgan fingerprint density at radius 3 is 2.44 bits per heavy atom. The van der Waals surface area contributed by atoms with E-state index < -0.39 is 23.5 Å². The number of phenolic OH excluding ortho intramolecular Hbond substituents is 1. The highest BCUT2D eigenvalue weighted by atomic mass is 79.9. The number of phenols is 1. The topological polar surface area (TPSA) is 55.5 Å². The molecule has 0 saturated carbocycles. The highest BCUT2D eigenvalue weighted by Crippen LogP contribution is 2.40. The number of hydrogen-bond donors (Lipinski definition) is 2. The van der Waals surface area contributed by atoms with Crippen molar-refractivity contribution in [3.05, 3.63) is 22.2 Å². The summed E-state index contributed by atoms with van der Waals surface area (Å²) in [6, 6.07) is 0.152. The van der Waals surface area contributed by atoms with Crippen molar-refractivity contribution in [2.24, 2.45) is 5.73 Å². The minimum atomic E-state index is -4.62. The van der Waals surface area contributed by atoms with E-state index >= 15 is 0 Å². The third-order valence-corrected chi connectivity index (χ3v) is 2.59. The lowest BCUT2D eigenvalue weighted by Crippen LogP contribution is -2.28. The predicted octanol–water partition coefficient (Wildman–Crippen LogP) is 2.73. The Morgan fingerprint density at radius 1 is 1.44 bits per heavy atom. The number of hydrogen-bond acceptors (Lipinski definition) is 3. The fourth-order valence-electron chi connectivity index (χ4n) is 1.13. The van der Waals surface area contributed by atoms with Gasteiger partial charge in [-0.05, 0) is 28.1 Å². The molecule has 0 bridgehead atoms. The van der Waals surface area contributed by atoms with Gasteiger partial charge in [-0.15, -0.1) is 0 Å². The lowest BCUT2D eigenvalue weighted by molar-refractivity contribution is -0.149. The van der Waals surface area contributed by atoms with E-state index in [1.165, 1.54) is 13.2 Å². The number of methoxy groups -OCH3 is 1. The average Bonchev–Trinajstić information content (AvgIpc) is 2.19. The summed E-state index contributed by atoms with van der Waals surface area (Å²) in [5.74, 6) is -0.356. The van der Waals surface area contributed by atoms with E-state index in [2.05, 4.69) is 15.9 Å². The van der Waals surface area contributed by atoms with E-state index in [0.29, 0.717) is 0 Å². The van der Waals surface area contributed by atoms with E-state index in [0.717, 1.165) is 6.07 Å². The first kappa shape index (κ1) is 13.1. The van der Waals surface area contributed by atoms with Gasteiger partial charge in [0.15, 0.2) is 0 Å². The lowest BCUT2D eigenvalue weighted by atomic mass is 10.1. The molecule has 0 aliphatic heterocycles. The molecule has 0 aliphatic carbocycles. The van der Waals surface area contributed by atoms with Crippen LogP contribution >= 0.6 is 15.9 Å². The van der Waals surface area contributed by atoms with Gasteiger partial charge < -0.3 is 15.6 Å². The Balaban J connectivity index is 3.27. The van der Waals surface area contributed by atoms with Crippen LogP contribution in [0.2, 0.25) is 0 Å². The van der Waals surface area contributed by atoms with Crippen molar-refractivity contribution in [3.8, 4) is 11.5 Å². The van der Waals surface area contributed by atoms with Gasteiger partial charge in [0.25, 0.3) is 0 Å². The molecule has 1 rings (SSSR count). The predicted molar refractivity (Wildman–Crippen MR) is 55.3 cm³/mol. The van der Waals surface area contributed by atoms with Gasteiger partial charge >= 0.3 is 6.18 Å². The van der Waals surface area contributed by atoms with E-state index in [1.54, 1.807) is 0 Å². The van der Waals surface area contributed by atoms with Crippen LogP contribution in [0.4, 0.5) is 13.2 Å². The minimum absolute atomic E-state index is 0.0987. The van der Waals surface area contributed by atoms with E-state index in [1.807, 2.05) is 0 Å². The molecular weight excluding hydrogens is 291 g/mol. The maximum absolute atomic E-state index is 12.4. The summed E-state index contributed by atoms with van der Waals surface area (Å²) in [7, 11) is 1.31. The number of halogens is 4. The normalized spacial score (nSPS) is 13.6. The van der Waals surface area contributed by atoms with Crippen molar-refractivity contribution in [3.63, 3.8) is 0 Å². The second-order valence-electron chi connectivity index (χ2n) is 3.07. The van der Waals surface area contributed by atoms with Crippen molar-refractivity contribution in [2.75, 3.05) is 7.11 Å². The van der Waals surface area contributed by atoms with Gasteiger partial charge in [0.05, 0.1) is 11.6 Å². The molecule has 3 nitrogen and oxygen atoms in total. The van der Waals surface area contributed by atoms with Crippen LogP contribution in [0, 0.1) is 0 Å². The SMILES string of the molecule is COc1cc(Br)c(O)c([C@@H](N)C(F)(F)F)c1. The van der Waals surface area contributed by atoms with Gasteiger partial charge in [0.2, 0.25) is 0 Å². The van der Waals surface area contributed by atoms with Gasteiger partial charge in [-0.1, -0.05) is 0 Å². The van der Waals surface area contributed by atoms with Crippen LogP contribution in [-0.4, -0.2) is 18.4 Å². The summed E-state index contributed by atoms with van der Waals surface area (Å²) < 4.78 is 42.1. The molecule has 0 unspecified atom stereocenters. The van der Waals surface area contributed by atoms with Crippen LogP contribution in [0.1, 0.15) is 11.6 Å². The first-order valence-electron chi connectivity index (χ1n) is 4.16. The molecule has 0 aliphatic rings. The zero-order chi connectivity index (χ0) is 12.5. The molecule has 1 aromatic rings. The zero-order valence-corrected chi connectivity index (χ0v) is 9.76. The fraction of sp³-hybridized carbons (Fsp3) is 0.333. The Labute approximate surface area is 98.1 Å². The van der Waals surface area contributed by atoms with Gasteiger partial charge in [-0.2, -0.15) is 13.2 Å². The molecule has 16 heavy (non-hydrogen) atoms. The first-order chi connectivity index (χ1) is 7.27. The van der Waals surface area contributed by atoms with Crippen LogP contribution in [0.15, 0.2) is 16.6 Å². The monoisotopic (exact) mass is 299 g/mol. The lowest BCUT2D eigenvalue weighted by Gasteiger charge is -2.18. The van der Waals surface area contributed by atoms with E-state index in [9.17, 15) is 18.3 Å². The molecule has 1 aromatic carbocycles. The second-order valence-corrected chi connectivity index (χ2v) is 3.92. The summed E-state index contributed by atoms with van der Waals surface area (Å²) in [5, 5.41) is 9.47. The number of nitrogens with two attached hydrogens (primary N) is 1. The van der Waals surface area contributed by atoms with Crippen LogP contribution in [0.5, 0.6) is 11.5 Å². The molecular formula is C9H9BrF3NO2. The fourth-order valence-corrected chi connectivity index (χ4v) is 1.58. The first-order valence-corrected chi connectivity index (χ1v) is 4.95. The van der Waals surface area contributed by atoms with Gasteiger partial charge in [0, 0.05) is 5.56 Å². The zero-order valence-electron chi connectivity index (χ0n) is 8.18. The van der Waals surface area contributed by atoms with Crippen molar-refractivity contribution in [1.29, 1.82) is 0 Å². The van der Waals surface area contributed by atoms with Gasteiger partial charge in [0.1, 0.15) is 17.5 Å². The number of alkyl halides is 3. The Hall–Kier alpha value is -0.950. The molecule has 0 amide bonds. The molecule has 0 spiro atoms. The molecule has 0 radical (unpaired) electrons. The molecule has 0 heterocycles. The summed E-state index contributed by atoms with van der Waals surface area (Å²) in [5.41, 5.74) is 4.57. The third-order valence-electron chi connectivity index (χ3n) is 1.99. The Morgan fingerprint density at radius 2 is 2.00 bits per heavy atom. The molecule has 0 aromatic heterocycles. The Bertz CT molecular complexity index is 395. The van der Waals surface area contributed by atoms with Gasteiger partial charge in [-0.25, -0.2) is 0 Å². The van der Waals surface area contributed by atoms with Crippen molar-refractivity contribution in [1.82, 2.24) is 0 Å². The molecule has 0 saturated heterocycles. The molecule has 90 valence electrons. The largest absolute Gasteiger partial charge is 0.506 e. The van der Waals surface area contributed by atoms with Crippen molar-refractivity contribution >= 4 is 15.9 Å². The molecule has 3 N–H and O–H groups in total. The number of ether oxygens (including phenoxy) is 1. The molecule has 7 heteroatoms. The van der Waals surface area contributed by atoms with E-state index in [-0.39, 0.29) is 10.2 Å². The van der Waals surface area contributed by atoms with Crippen LogP contribution < -0.4 is 10.5 Å². The second kappa shape index (κ2) is 4.50. The summed E-state index contributed by atoms with van der Waals surface area (Å²) in [6.45, 7) is 0. The third kappa shape index (κ3) is 2.59. The number of aromatic hydroxyl groups is 1. The van der Waals surface area contributed by atoms with Crippen molar-refractivity contribution in [2.45, 2.75) is 12.2 Å². The van der Waals surface area contributed by atoms with Crippen LogP contribution in [-0.2, 0) is 0 Å². The van der Waals surface area contributed by atoms with Gasteiger partial charge in [-0.3, -0.25) is 0 Å². The highest BCUT2D eigenvalue weighted by Gasteiger charge is 2.39. The van der Waals surface area contributed by atoms with Crippen molar-refractivity contribution < 1.29 is 23.0 Å². The summed E-state index contributed by atoms with van der Waals surface area (Å²) in [6.07, 6.45) is -4.62. The maximum atomic E-state index is 12.4. The maximum Gasteiger partial charge on any atom is 0.407 e. The number of rotatable bonds is 2. The van der Waals surface area contributed by atoms with Crippen LogP contribution in [0.3, 0.4) is 0 Å². The average molecular weight is 300 g/mol. The Kier molecular flexibility index (Phi) is 3.69. The summed E-state index contributed by atoms with van der Waals surface area (Å²) >= 11 is 2.92. The highest BCUT2D eigenvalue weighted by molar-refractivity contribution is 9.10. The molecule has 1 atom stereocenters. The summed E-state index contributed by atoms with van der Waals surface area (Å²) in [4.78, 5) is 0.